The van der Waals surface area contributed by atoms with Gasteiger partial charge in [-0.15, -0.1) is 0 Å². The first-order valence-electron chi connectivity index (χ1n) is 6.47. The molecule has 18 heavy (non-hydrogen) atoms. The molecule has 1 fully saturated rings. The maximum absolute atomic E-state index is 12.3. The van der Waals surface area contributed by atoms with Gasteiger partial charge < -0.3 is 10.1 Å². The summed E-state index contributed by atoms with van der Waals surface area (Å²) in [5.41, 5.74) is 3.08. The third-order valence-electron chi connectivity index (χ3n) is 3.93. The fourth-order valence-electron chi connectivity index (χ4n) is 2.98. The van der Waals surface area contributed by atoms with Crippen LogP contribution in [0.1, 0.15) is 29.5 Å². The van der Waals surface area contributed by atoms with Crippen molar-refractivity contribution in [3.63, 3.8) is 0 Å². The first-order chi connectivity index (χ1) is 8.60. The van der Waals surface area contributed by atoms with Crippen LogP contribution < -0.4 is 5.32 Å². The number of rotatable bonds is 2. The molecule has 0 aromatic heterocycles. The van der Waals surface area contributed by atoms with Gasteiger partial charge in [0.1, 0.15) is 0 Å². The molecule has 0 amide bonds. The highest BCUT2D eigenvalue weighted by Gasteiger charge is 2.43. The second-order valence-electron chi connectivity index (χ2n) is 5.14. The predicted molar refractivity (Wildman–Crippen MR) is 71.7 cm³/mol. The van der Waals surface area contributed by atoms with Crippen LogP contribution >= 0.6 is 0 Å². The maximum atomic E-state index is 12.3. The van der Waals surface area contributed by atoms with E-state index in [1.807, 2.05) is 0 Å². The van der Waals surface area contributed by atoms with E-state index in [4.69, 9.17) is 4.74 Å². The summed E-state index contributed by atoms with van der Waals surface area (Å²) in [6, 6.07) is 6.31. The van der Waals surface area contributed by atoms with Crippen LogP contribution in [0.25, 0.3) is 0 Å². The molecule has 1 saturated heterocycles. The van der Waals surface area contributed by atoms with Crippen LogP contribution in [0.4, 0.5) is 0 Å². The Hall–Kier alpha value is -1.35. The molecular formula is C15H21NO2. The molecule has 1 aromatic rings. The number of nitrogens with one attached hydrogen (secondary N) is 1. The zero-order chi connectivity index (χ0) is 13.2. The van der Waals surface area contributed by atoms with E-state index in [0.29, 0.717) is 0 Å². The van der Waals surface area contributed by atoms with E-state index in [1.54, 1.807) is 0 Å². The van der Waals surface area contributed by atoms with E-state index in [9.17, 15) is 4.79 Å². The Balaban J connectivity index is 2.48. The molecule has 3 heteroatoms. The van der Waals surface area contributed by atoms with Crippen molar-refractivity contribution in [1.29, 1.82) is 0 Å². The van der Waals surface area contributed by atoms with Gasteiger partial charge in [-0.25, -0.2) is 0 Å². The Bertz CT molecular complexity index is 448. The molecule has 1 aromatic carbocycles. The van der Waals surface area contributed by atoms with Gasteiger partial charge >= 0.3 is 5.97 Å². The smallest absolute Gasteiger partial charge is 0.316 e. The van der Waals surface area contributed by atoms with Crippen molar-refractivity contribution in [1.82, 2.24) is 5.32 Å². The summed E-state index contributed by atoms with van der Waals surface area (Å²) in [6.45, 7) is 5.88. The molecule has 98 valence electrons. The van der Waals surface area contributed by atoms with Crippen LogP contribution in [0.3, 0.4) is 0 Å². The number of ether oxygens (including phenoxy) is 1. The molecule has 0 radical (unpaired) electrons. The quantitative estimate of drug-likeness (QED) is 0.813. The van der Waals surface area contributed by atoms with E-state index < -0.39 is 5.41 Å². The second kappa shape index (κ2) is 5.11. The van der Waals surface area contributed by atoms with Crippen LogP contribution in [0, 0.1) is 13.8 Å². The number of piperidine rings is 1. The molecule has 1 aliphatic rings. The van der Waals surface area contributed by atoms with E-state index in [-0.39, 0.29) is 5.97 Å². The largest absolute Gasteiger partial charge is 0.468 e. The monoisotopic (exact) mass is 247 g/mol. The molecule has 1 heterocycles. The predicted octanol–water partition coefficient (Wildman–Crippen LogP) is 2.10. The Morgan fingerprint density at radius 3 is 2.50 bits per heavy atom. The summed E-state index contributed by atoms with van der Waals surface area (Å²) in [4.78, 5) is 12.3. The Labute approximate surface area is 109 Å². The van der Waals surface area contributed by atoms with Gasteiger partial charge in [-0.3, -0.25) is 4.79 Å². The van der Waals surface area contributed by atoms with Crippen molar-refractivity contribution >= 4 is 5.97 Å². The zero-order valence-electron chi connectivity index (χ0n) is 11.4. The molecule has 1 N–H and O–H groups in total. The Morgan fingerprint density at radius 1 is 1.28 bits per heavy atom. The van der Waals surface area contributed by atoms with Crippen LogP contribution in [-0.2, 0) is 14.9 Å². The number of benzene rings is 1. The van der Waals surface area contributed by atoms with Gasteiger partial charge in [-0.05, 0) is 50.9 Å². The van der Waals surface area contributed by atoms with Gasteiger partial charge in [-0.2, -0.15) is 0 Å². The topological polar surface area (TPSA) is 38.3 Å². The van der Waals surface area contributed by atoms with E-state index >= 15 is 0 Å². The first kappa shape index (κ1) is 13.1. The summed E-state index contributed by atoms with van der Waals surface area (Å²) in [6.07, 6.45) is 1.62. The lowest BCUT2D eigenvalue weighted by Gasteiger charge is -2.36. The highest BCUT2D eigenvalue weighted by atomic mass is 16.5. The number of esters is 1. The summed E-state index contributed by atoms with van der Waals surface area (Å²) in [7, 11) is 1.48. The first-order valence-corrected chi connectivity index (χ1v) is 6.47. The standard InChI is InChI=1S/C15H21NO2/c1-11-4-5-13(12(2)10-11)15(14(17)18-3)6-8-16-9-7-15/h4-5,10,16H,6-9H2,1-3H3. The van der Waals surface area contributed by atoms with Crippen molar-refractivity contribution in [3.8, 4) is 0 Å². The molecule has 2 rings (SSSR count). The third kappa shape index (κ3) is 2.15. The third-order valence-corrected chi connectivity index (χ3v) is 3.93. The number of methoxy groups -OCH3 is 1. The van der Waals surface area contributed by atoms with Gasteiger partial charge in [0.2, 0.25) is 0 Å². The average Bonchev–Trinajstić information content (AvgIpc) is 2.38. The fourth-order valence-corrected chi connectivity index (χ4v) is 2.98. The number of carbonyl (C=O) groups is 1. The number of aryl methyl sites for hydroxylation is 2. The van der Waals surface area contributed by atoms with Crippen LogP contribution in [0.2, 0.25) is 0 Å². The highest BCUT2D eigenvalue weighted by Crippen LogP contribution is 2.36. The SMILES string of the molecule is COC(=O)C1(c2ccc(C)cc2C)CCNCC1. The second-order valence-corrected chi connectivity index (χ2v) is 5.14. The Morgan fingerprint density at radius 2 is 1.94 bits per heavy atom. The molecule has 0 aliphatic carbocycles. The normalized spacial score (nSPS) is 18.4. The lowest BCUT2D eigenvalue weighted by Crippen LogP contribution is -2.46. The highest BCUT2D eigenvalue weighted by molar-refractivity contribution is 5.84. The molecule has 1 aliphatic heterocycles. The van der Waals surface area contributed by atoms with Crippen molar-refractivity contribution in [2.45, 2.75) is 32.1 Å². The lowest BCUT2D eigenvalue weighted by molar-refractivity contribution is -0.148. The van der Waals surface area contributed by atoms with Gasteiger partial charge in [-0.1, -0.05) is 23.8 Å². The molecule has 3 nitrogen and oxygen atoms in total. The summed E-state index contributed by atoms with van der Waals surface area (Å²) < 4.78 is 5.07. The van der Waals surface area contributed by atoms with Crippen LogP contribution in [-0.4, -0.2) is 26.2 Å². The Kier molecular flexibility index (Phi) is 3.71. The molecule has 0 atom stereocenters. The minimum Gasteiger partial charge on any atom is -0.468 e. The van der Waals surface area contributed by atoms with E-state index in [1.165, 1.54) is 18.2 Å². The minimum absolute atomic E-state index is 0.101. The number of hydrogen-bond acceptors (Lipinski definition) is 3. The molecule has 0 saturated carbocycles. The van der Waals surface area contributed by atoms with Crippen molar-refractivity contribution < 1.29 is 9.53 Å². The molecule has 0 bridgehead atoms. The lowest BCUT2D eigenvalue weighted by atomic mass is 9.71. The van der Waals surface area contributed by atoms with Gasteiger partial charge in [0, 0.05) is 0 Å². The summed E-state index contributed by atoms with van der Waals surface area (Å²) in [5.74, 6) is -0.101. The van der Waals surface area contributed by atoms with Crippen molar-refractivity contribution in [2.24, 2.45) is 0 Å². The van der Waals surface area contributed by atoms with E-state index in [2.05, 4.69) is 37.4 Å². The molecule has 0 unspecified atom stereocenters. The van der Waals surface area contributed by atoms with Crippen LogP contribution in [0.5, 0.6) is 0 Å². The van der Waals surface area contributed by atoms with E-state index in [0.717, 1.165) is 31.5 Å². The molecular weight excluding hydrogens is 226 g/mol. The fraction of sp³-hybridized carbons (Fsp3) is 0.533. The number of carbonyl (C=O) groups excluding carboxylic acids is 1. The average molecular weight is 247 g/mol. The summed E-state index contributed by atoms with van der Waals surface area (Å²) >= 11 is 0. The van der Waals surface area contributed by atoms with Gasteiger partial charge in [0.15, 0.2) is 0 Å². The summed E-state index contributed by atoms with van der Waals surface area (Å²) in [5, 5.41) is 3.31. The van der Waals surface area contributed by atoms with Crippen molar-refractivity contribution in [3.05, 3.63) is 34.9 Å². The zero-order valence-corrected chi connectivity index (χ0v) is 11.4. The molecule has 0 spiro atoms. The van der Waals surface area contributed by atoms with Gasteiger partial charge in [0.05, 0.1) is 12.5 Å². The van der Waals surface area contributed by atoms with Crippen molar-refractivity contribution in [2.75, 3.05) is 20.2 Å². The van der Waals surface area contributed by atoms with Crippen LogP contribution in [0.15, 0.2) is 18.2 Å². The number of hydrogen-bond donors (Lipinski definition) is 1. The van der Waals surface area contributed by atoms with Gasteiger partial charge in [0.25, 0.3) is 0 Å². The minimum atomic E-state index is -0.461. The maximum Gasteiger partial charge on any atom is 0.316 e.